The highest BCUT2D eigenvalue weighted by atomic mass is 79.9. The number of benzene rings is 2. The molecule has 0 radical (unpaired) electrons. The molecule has 1 amide bonds. The van der Waals surface area contributed by atoms with Crippen LogP contribution in [0.1, 0.15) is 28.8 Å². The Hall–Kier alpha value is -2.94. The smallest absolute Gasteiger partial charge is 0.338 e. The van der Waals surface area contributed by atoms with Crippen LogP contribution in [-0.2, 0) is 16.1 Å². The van der Waals surface area contributed by atoms with Gasteiger partial charge in [-0.25, -0.2) is 4.79 Å². The molecule has 0 unspecified atom stereocenters. The summed E-state index contributed by atoms with van der Waals surface area (Å²) in [5.74, 6) is -0.354. The molecule has 2 aromatic rings. The summed E-state index contributed by atoms with van der Waals surface area (Å²) >= 11 is 3.06. The normalized spacial score (nSPS) is 12.9. The molecular formula is C20H19BrN2O6. The first-order valence-electron chi connectivity index (χ1n) is 8.92. The maximum absolute atomic E-state index is 12.6. The van der Waals surface area contributed by atoms with E-state index in [9.17, 15) is 19.7 Å². The van der Waals surface area contributed by atoms with Gasteiger partial charge in [-0.05, 0) is 58.6 Å². The van der Waals surface area contributed by atoms with Crippen molar-refractivity contribution in [1.29, 1.82) is 0 Å². The molecule has 0 saturated heterocycles. The molecule has 0 spiro atoms. The molecule has 1 saturated carbocycles. The third kappa shape index (κ3) is 5.32. The lowest BCUT2D eigenvalue weighted by molar-refractivity contribution is -0.385. The monoisotopic (exact) mass is 462 g/mol. The van der Waals surface area contributed by atoms with Crippen molar-refractivity contribution in [2.24, 2.45) is 0 Å². The van der Waals surface area contributed by atoms with Gasteiger partial charge in [0.25, 0.3) is 11.6 Å². The maximum Gasteiger partial charge on any atom is 0.338 e. The maximum atomic E-state index is 12.6. The SMILES string of the molecule is COc1ccc(CN(C(=O)COC(=O)c2ccc(Br)c([N+](=O)[O-])c2)C2CC2)cc1. The number of hydrogen-bond acceptors (Lipinski definition) is 6. The number of nitro benzene ring substituents is 1. The zero-order valence-electron chi connectivity index (χ0n) is 15.7. The summed E-state index contributed by atoms with van der Waals surface area (Å²) in [4.78, 5) is 36.9. The Kier molecular flexibility index (Phi) is 6.48. The molecule has 1 aliphatic carbocycles. The molecule has 1 fully saturated rings. The number of amides is 1. The summed E-state index contributed by atoms with van der Waals surface area (Å²) in [6.07, 6.45) is 1.82. The Bertz CT molecular complexity index is 927. The van der Waals surface area contributed by atoms with Gasteiger partial charge in [0.15, 0.2) is 6.61 Å². The number of hydrogen-bond donors (Lipinski definition) is 0. The molecule has 8 nitrogen and oxygen atoms in total. The minimum Gasteiger partial charge on any atom is -0.497 e. The Morgan fingerprint density at radius 1 is 1.21 bits per heavy atom. The van der Waals surface area contributed by atoms with E-state index in [1.54, 1.807) is 12.0 Å². The van der Waals surface area contributed by atoms with E-state index < -0.39 is 17.5 Å². The first-order valence-corrected chi connectivity index (χ1v) is 9.72. The number of ether oxygens (including phenoxy) is 2. The van der Waals surface area contributed by atoms with Gasteiger partial charge in [-0.2, -0.15) is 0 Å². The molecule has 9 heteroatoms. The second kappa shape index (κ2) is 9.04. The summed E-state index contributed by atoms with van der Waals surface area (Å²) in [5, 5.41) is 11.0. The predicted octanol–water partition coefficient (Wildman–Crippen LogP) is 3.71. The number of rotatable bonds is 8. The third-order valence-electron chi connectivity index (χ3n) is 4.53. The Morgan fingerprint density at radius 3 is 2.48 bits per heavy atom. The lowest BCUT2D eigenvalue weighted by Gasteiger charge is -2.22. The van der Waals surface area contributed by atoms with Crippen molar-refractivity contribution >= 4 is 33.5 Å². The highest BCUT2D eigenvalue weighted by molar-refractivity contribution is 9.10. The average Bonchev–Trinajstić information content (AvgIpc) is 3.55. The fraction of sp³-hybridized carbons (Fsp3) is 0.300. The highest BCUT2D eigenvalue weighted by Crippen LogP contribution is 2.29. The molecule has 152 valence electrons. The van der Waals surface area contributed by atoms with E-state index in [-0.39, 0.29) is 27.7 Å². The van der Waals surface area contributed by atoms with E-state index in [4.69, 9.17) is 9.47 Å². The van der Waals surface area contributed by atoms with Crippen LogP contribution in [0.5, 0.6) is 5.75 Å². The predicted molar refractivity (Wildman–Crippen MR) is 108 cm³/mol. The van der Waals surface area contributed by atoms with Gasteiger partial charge in [-0.15, -0.1) is 0 Å². The van der Waals surface area contributed by atoms with Gasteiger partial charge >= 0.3 is 5.97 Å². The second-order valence-corrected chi connectivity index (χ2v) is 7.45. The first-order chi connectivity index (χ1) is 13.9. The molecule has 0 bridgehead atoms. The Labute approximate surface area is 175 Å². The number of carbonyl (C=O) groups is 2. The van der Waals surface area contributed by atoms with Crippen LogP contribution in [0.15, 0.2) is 46.9 Å². The lowest BCUT2D eigenvalue weighted by Crippen LogP contribution is -2.36. The standard InChI is InChI=1S/C20H19BrN2O6/c1-28-16-7-2-13(3-8-16)11-22(15-5-6-15)19(24)12-29-20(25)14-4-9-17(21)18(10-14)23(26)27/h2-4,7-10,15H,5-6,11-12H2,1H3. The number of esters is 1. The minimum absolute atomic E-state index is 0.0147. The van der Waals surface area contributed by atoms with E-state index in [0.717, 1.165) is 30.2 Å². The molecule has 29 heavy (non-hydrogen) atoms. The molecule has 0 heterocycles. The molecule has 0 aromatic heterocycles. The van der Waals surface area contributed by atoms with Gasteiger partial charge in [0.05, 0.1) is 22.1 Å². The van der Waals surface area contributed by atoms with E-state index >= 15 is 0 Å². The summed E-state index contributed by atoms with van der Waals surface area (Å²) in [7, 11) is 1.59. The van der Waals surface area contributed by atoms with Crippen molar-refractivity contribution in [3.63, 3.8) is 0 Å². The summed E-state index contributed by atoms with van der Waals surface area (Å²) in [6, 6.07) is 11.5. The van der Waals surface area contributed by atoms with Gasteiger partial charge in [-0.1, -0.05) is 12.1 Å². The molecule has 3 rings (SSSR count). The number of halogens is 1. The number of nitro groups is 1. The zero-order valence-corrected chi connectivity index (χ0v) is 17.3. The van der Waals surface area contributed by atoms with Gasteiger partial charge in [0.2, 0.25) is 0 Å². The zero-order chi connectivity index (χ0) is 21.0. The van der Waals surface area contributed by atoms with Crippen LogP contribution in [0, 0.1) is 10.1 Å². The van der Waals surface area contributed by atoms with Crippen LogP contribution < -0.4 is 4.74 Å². The molecule has 2 aromatic carbocycles. The average molecular weight is 463 g/mol. The lowest BCUT2D eigenvalue weighted by atomic mass is 10.2. The second-order valence-electron chi connectivity index (χ2n) is 6.60. The van der Waals surface area contributed by atoms with Crippen LogP contribution in [0.2, 0.25) is 0 Å². The van der Waals surface area contributed by atoms with Crippen molar-refractivity contribution in [2.75, 3.05) is 13.7 Å². The van der Waals surface area contributed by atoms with Crippen LogP contribution >= 0.6 is 15.9 Å². The number of nitrogens with zero attached hydrogens (tertiary/aromatic N) is 2. The van der Waals surface area contributed by atoms with Crippen LogP contribution in [0.25, 0.3) is 0 Å². The van der Waals surface area contributed by atoms with Gasteiger partial charge in [0, 0.05) is 18.7 Å². The fourth-order valence-electron chi connectivity index (χ4n) is 2.81. The Morgan fingerprint density at radius 2 is 1.90 bits per heavy atom. The summed E-state index contributed by atoms with van der Waals surface area (Å²) in [6.45, 7) is -0.00977. The van der Waals surface area contributed by atoms with E-state index in [0.29, 0.717) is 6.54 Å². The van der Waals surface area contributed by atoms with Crippen molar-refractivity contribution in [3.05, 3.63) is 68.2 Å². The first kappa shape index (κ1) is 20.8. The van der Waals surface area contributed by atoms with Gasteiger partial charge < -0.3 is 14.4 Å². The molecule has 0 atom stereocenters. The summed E-state index contributed by atoms with van der Waals surface area (Å²) in [5.41, 5.74) is 0.714. The Balaban J connectivity index is 1.62. The van der Waals surface area contributed by atoms with Crippen LogP contribution in [0.4, 0.5) is 5.69 Å². The molecule has 1 aliphatic rings. The van der Waals surface area contributed by atoms with Crippen molar-refractivity contribution < 1.29 is 24.0 Å². The van der Waals surface area contributed by atoms with Crippen LogP contribution in [-0.4, -0.2) is 41.5 Å². The van der Waals surface area contributed by atoms with Crippen LogP contribution in [0.3, 0.4) is 0 Å². The quantitative estimate of drug-likeness (QED) is 0.336. The highest BCUT2D eigenvalue weighted by Gasteiger charge is 2.33. The number of methoxy groups -OCH3 is 1. The molecule has 0 aliphatic heterocycles. The summed E-state index contributed by atoms with van der Waals surface area (Å²) < 4.78 is 10.5. The van der Waals surface area contributed by atoms with E-state index in [1.165, 1.54) is 12.1 Å². The number of carbonyl (C=O) groups excluding carboxylic acids is 2. The van der Waals surface area contributed by atoms with Crippen molar-refractivity contribution in [2.45, 2.75) is 25.4 Å². The van der Waals surface area contributed by atoms with Crippen molar-refractivity contribution in [3.8, 4) is 5.75 Å². The van der Waals surface area contributed by atoms with Gasteiger partial charge in [-0.3, -0.25) is 14.9 Å². The van der Waals surface area contributed by atoms with E-state index in [2.05, 4.69) is 15.9 Å². The fourth-order valence-corrected chi connectivity index (χ4v) is 3.20. The van der Waals surface area contributed by atoms with Crippen molar-refractivity contribution in [1.82, 2.24) is 4.90 Å². The van der Waals surface area contributed by atoms with Gasteiger partial charge in [0.1, 0.15) is 5.75 Å². The minimum atomic E-state index is -0.783. The molecule has 0 N–H and O–H groups in total. The molecular weight excluding hydrogens is 444 g/mol. The van der Waals surface area contributed by atoms with E-state index in [1.807, 2.05) is 24.3 Å². The topological polar surface area (TPSA) is 99.0 Å². The largest absolute Gasteiger partial charge is 0.497 e. The third-order valence-corrected chi connectivity index (χ3v) is 5.20.